The third-order valence-electron chi connectivity index (χ3n) is 1.87. The molecule has 0 aliphatic rings. The van der Waals surface area contributed by atoms with Gasteiger partial charge < -0.3 is 10.3 Å². The van der Waals surface area contributed by atoms with Gasteiger partial charge in [0, 0.05) is 0 Å². The average Bonchev–Trinajstić information content (AvgIpc) is 2.89. The van der Waals surface area contributed by atoms with Crippen LogP contribution in [0.2, 0.25) is 0 Å². The molecular formula is C9H9N5OS. The van der Waals surface area contributed by atoms with Gasteiger partial charge in [-0.1, -0.05) is 11.8 Å². The largest absolute Gasteiger partial charge is 0.461 e. The van der Waals surface area contributed by atoms with Crippen LogP contribution in [0.3, 0.4) is 0 Å². The molecule has 0 saturated heterocycles. The molecule has 6 nitrogen and oxygen atoms in total. The summed E-state index contributed by atoms with van der Waals surface area (Å²) in [7, 11) is 0. The van der Waals surface area contributed by atoms with Crippen LogP contribution in [0.4, 0.5) is 0 Å². The van der Waals surface area contributed by atoms with Crippen LogP contribution < -0.4 is 5.84 Å². The highest BCUT2D eigenvalue weighted by molar-refractivity contribution is 8.00. The maximum absolute atomic E-state index is 8.69. The molecule has 0 spiro atoms. The van der Waals surface area contributed by atoms with E-state index in [1.54, 1.807) is 19.1 Å². The smallest absolute Gasteiger partial charge is 0.218 e. The molecular weight excluding hydrogens is 226 g/mol. The van der Waals surface area contributed by atoms with Gasteiger partial charge in [0.2, 0.25) is 11.0 Å². The molecule has 0 radical (unpaired) electrons. The van der Waals surface area contributed by atoms with E-state index in [0.717, 1.165) is 0 Å². The number of aromatic nitrogens is 3. The summed E-state index contributed by atoms with van der Waals surface area (Å²) in [5.41, 5.74) is 0. The predicted molar refractivity (Wildman–Crippen MR) is 58.8 cm³/mol. The van der Waals surface area contributed by atoms with Gasteiger partial charge in [0.25, 0.3) is 0 Å². The maximum Gasteiger partial charge on any atom is 0.218 e. The summed E-state index contributed by atoms with van der Waals surface area (Å²) < 4.78 is 6.48. The summed E-state index contributed by atoms with van der Waals surface area (Å²) in [5, 5.41) is 16.8. The van der Waals surface area contributed by atoms with E-state index in [1.165, 1.54) is 22.7 Å². The van der Waals surface area contributed by atoms with Crippen LogP contribution in [0.15, 0.2) is 28.0 Å². The molecule has 2 aromatic rings. The number of hydrogen-bond donors (Lipinski definition) is 1. The van der Waals surface area contributed by atoms with E-state index in [0.29, 0.717) is 16.7 Å². The van der Waals surface area contributed by atoms with Gasteiger partial charge in [0.05, 0.1) is 17.6 Å². The van der Waals surface area contributed by atoms with Crippen molar-refractivity contribution in [1.29, 1.82) is 5.26 Å². The summed E-state index contributed by atoms with van der Waals surface area (Å²) in [5.74, 6) is 6.79. The molecule has 16 heavy (non-hydrogen) atoms. The van der Waals surface area contributed by atoms with Crippen molar-refractivity contribution in [2.75, 3.05) is 5.84 Å². The Morgan fingerprint density at radius 2 is 2.44 bits per heavy atom. The second-order valence-electron chi connectivity index (χ2n) is 3.04. The van der Waals surface area contributed by atoms with Crippen molar-refractivity contribution in [2.24, 2.45) is 0 Å². The minimum atomic E-state index is -0.226. The highest BCUT2D eigenvalue weighted by atomic mass is 32.2. The molecule has 0 bridgehead atoms. The van der Waals surface area contributed by atoms with Crippen molar-refractivity contribution in [2.45, 2.75) is 17.3 Å². The van der Waals surface area contributed by atoms with Crippen LogP contribution in [-0.4, -0.2) is 20.1 Å². The monoisotopic (exact) mass is 235 g/mol. The standard InChI is InChI=1S/C9H9N5OS/c1-6(5-10)16-9-13-12-8(14(9)11)7-3-2-4-15-7/h2-4,6H,11H2,1H3/t6-/m0/s1. The number of thioether (sulfide) groups is 1. The van der Waals surface area contributed by atoms with Gasteiger partial charge in [-0.25, -0.2) is 4.68 Å². The summed E-state index contributed by atoms with van der Waals surface area (Å²) >= 11 is 1.25. The molecule has 0 aromatic carbocycles. The van der Waals surface area contributed by atoms with E-state index in [1.807, 2.05) is 0 Å². The second-order valence-corrected chi connectivity index (χ2v) is 4.35. The second kappa shape index (κ2) is 4.28. The summed E-state index contributed by atoms with van der Waals surface area (Å²) in [4.78, 5) is 0. The zero-order valence-electron chi connectivity index (χ0n) is 8.49. The normalized spacial score (nSPS) is 12.2. The van der Waals surface area contributed by atoms with Gasteiger partial charge >= 0.3 is 0 Å². The first-order chi connectivity index (χ1) is 7.72. The molecule has 2 aromatic heterocycles. The molecule has 0 aliphatic heterocycles. The molecule has 2 N–H and O–H groups in total. The van der Waals surface area contributed by atoms with Crippen molar-refractivity contribution in [3.05, 3.63) is 18.4 Å². The fraction of sp³-hybridized carbons (Fsp3) is 0.222. The Kier molecular flexibility index (Phi) is 2.83. The minimum Gasteiger partial charge on any atom is -0.461 e. The SMILES string of the molecule is C[C@@H](C#N)Sc1nnc(-c2ccco2)n1N. The van der Waals surface area contributed by atoms with E-state index in [9.17, 15) is 0 Å². The molecule has 0 fully saturated rings. The zero-order chi connectivity index (χ0) is 11.5. The molecule has 7 heteroatoms. The van der Waals surface area contributed by atoms with Gasteiger partial charge in [-0.15, -0.1) is 10.2 Å². The number of rotatable bonds is 3. The molecule has 0 amide bonds. The fourth-order valence-corrected chi connectivity index (χ4v) is 1.77. The van der Waals surface area contributed by atoms with Crippen molar-refractivity contribution >= 4 is 11.8 Å². The maximum atomic E-state index is 8.69. The summed E-state index contributed by atoms with van der Waals surface area (Å²) in [6, 6.07) is 5.58. The average molecular weight is 235 g/mol. The Balaban J connectivity index is 2.29. The quantitative estimate of drug-likeness (QED) is 0.635. The zero-order valence-corrected chi connectivity index (χ0v) is 9.31. The fourth-order valence-electron chi connectivity index (χ4n) is 1.12. The lowest BCUT2D eigenvalue weighted by molar-refractivity contribution is 0.574. The Morgan fingerprint density at radius 3 is 3.06 bits per heavy atom. The highest BCUT2D eigenvalue weighted by Gasteiger charge is 2.16. The third kappa shape index (κ3) is 1.87. The first-order valence-corrected chi connectivity index (χ1v) is 5.41. The number of hydrogen-bond acceptors (Lipinski definition) is 6. The first kappa shape index (κ1) is 10.6. The van der Waals surface area contributed by atoms with E-state index < -0.39 is 0 Å². The van der Waals surface area contributed by atoms with Gasteiger partial charge in [-0.05, 0) is 19.1 Å². The van der Waals surface area contributed by atoms with Crippen molar-refractivity contribution in [1.82, 2.24) is 14.9 Å². The molecule has 0 unspecified atom stereocenters. The number of nitrogens with two attached hydrogens (primary N) is 1. The third-order valence-corrected chi connectivity index (χ3v) is 2.82. The van der Waals surface area contributed by atoms with Crippen LogP contribution in [0.25, 0.3) is 11.6 Å². The van der Waals surface area contributed by atoms with Crippen LogP contribution >= 0.6 is 11.8 Å². The van der Waals surface area contributed by atoms with E-state index >= 15 is 0 Å². The summed E-state index contributed by atoms with van der Waals surface area (Å²) in [6.45, 7) is 1.77. The van der Waals surface area contributed by atoms with Crippen LogP contribution in [-0.2, 0) is 0 Å². The van der Waals surface area contributed by atoms with Crippen LogP contribution in [0, 0.1) is 11.3 Å². The van der Waals surface area contributed by atoms with E-state index in [2.05, 4.69) is 16.3 Å². The van der Waals surface area contributed by atoms with E-state index in [-0.39, 0.29) is 5.25 Å². The van der Waals surface area contributed by atoms with Crippen molar-refractivity contribution < 1.29 is 4.42 Å². The molecule has 0 saturated carbocycles. The molecule has 1 atom stereocenters. The lowest BCUT2D eigenvalue weighted by Gasteiger charge is -2.02. The first-order valence-electron chi connectivity index (χ1n) is 4.53. The van der Waals surface area contributed by atoms with Crippen LogP contribution in [0.1, 0.15) is 6.92 Å². The highest BCUT2D eigenvalue weighted by Crippen LogP contribution is 2.24. The Hall–Kier alpha value is -1.94. The van der Waals surface area contributed by atoms with Crippen molar-refractivity contribution in [3.63, 3.8) is 0 Å². The molecule has 0 aliphatic carbocycles. The lowest BCUT2D eigenvalue weighted by Crippen LogP contribution is -2.12. The Morgan fingerprint density at radius 1 is 1.62 bits per heavy atom. The van der Waals surface area contributed by atoms with E-state index in [4.69, 9.17) is 15.5 Å². The number of furan rings is 1. The minimum absolute atomic E-state index is 0.226. The molecule has 82 valence electrons. The van der Waals surface area contributed by atoms with Gasteiger partial charge in [0.15, 0.2) is 5.76 Å². The number of nitriles is 1. The van der Waals surface area contributed by atoms with Crippen LogP contribution in [0.5, 0.6) is 0 Å². The Bertz CT molecular complexity index is 512. The van der Waals surface area contributed by atoms with Gasteiger partial charge in [-0.2, -0.15) is 5.26 Å². The van der Waals surface area contributed by atoms with Gasteiger partial charge in [-0.3, -0.25) is 0 Å². The Labute approximate surface area is 96.0 Å². The topological polar surface area (TPSA) is 93.7 Å². The molecule has 2 rings (SSSR count). The number of nitrogen functional groups attached to an aromatic ring is 1. The summed E-state index contributed by atoms with van der Waals surface area (Å²) in [6.07, 6.45) is 1.54. The van der Waals surface area contributed by atoms with Gasteiger partial charge in [0.1, 0.15) is 0 Å². The van der Waals surface area contributed by atoms with Crippen molar-refractivity contribution in [3.8, 4) is 17.7 Å². The lowest BCUT2D eigenvalue weighted by atomic mass is 10.4. The predicted octanol–water partition coefficient (Wildman–Crippen LogP) is 1.26. The number of nitrogens with zero attached hydrogens (tertiary/aromatic N) is 4. The molecule has 2 heterocycles.